The average molecular weight is 410 g/mol. The van der Waals surface area contributed by atoms with Gasteiger partial charge in [0.25, 0.3) is 5.91 Å². The molecule has 146 valence electrons. The molecule has 6 nitrogen and oxygen atoms in total. The van der Waals surface area contributed by atoms with Gasteiger partial charge in [-0.1, -0.05) is 30.3 Å². The number of carbonyl (C=O) groups excluding carboxylic acids is 1. The predicted molar refractivity (Wildman–Crippen MR) is 110 cm³/mol. The predicted octanol–water partition coefficient (Wildman–Crippen LogP) is 2.44. The molecule has 3 rings (SSSR count). The zero-order valence-corrected chi connectivity index (χ0v) is 16.8. The first-order valence-electron chi connectivity index (χ1n) is 8.54. The van der Waals surface area contributed by atoms with Gasteiger partial charge in [-0.15, -0.1) is 12.4 Å². The van der Waals surface area contributed by atoms with E-state index in [0.717, 1.165) is 25.9 Å². The summed E-state index contributed by atoms with van der Waals surface area (Å²) in [5, 5.41) is 0. The molecule has 0 unspecified atom stereocenters. The van der Waals surface area contributed by atoms with E-state index in [0.29, 0.717) is 24.3 Å². The van der Waals surface area contributed by atoms with Crippen LogP contribution in [0, 0.1) is 0 Å². The number of carbonyl (C=O) groups is 1. The Kier molecular flexibility index (Phi) is 7.24. The van der Waals surface area contributed by atoms with E-state index in [9.17, 15) is 13.2 Å². The third-order valence-corrected chi connectivity index (χ3v) is 4.95. The Morgan fingerprint density at radius 1 is 0.963 bits per heavy atom. The highest BCUT2D eigenvalue weighted by molar-refractivity contribution is 7.92. The van der Waals surface area contributed by atoms with Crippen LogP contribution in [0.15, 0.2) is 54.6 Å². The van der Waals surface area contributed by atoms with Gasteiger partial charge in [-0.25, -0.2) is 8.42 Å². The highest BCUT2D eigenvalue weighted by Gasteiger charge is 2.22. The van der Waals surface area contributed by atoms with E-state index in [1.165, 1.54) is 5.56 Å². The van der Waals surface area contributed by atoms with Gasteiger partial charge in [-0.05, 0) is 29.8 Å². The van der Waals surface area contributed by atoms with E-state index in [4.69, 9.17) is 0 Å². The van der Waals surface area contributed by atoms with Crippen LogP contribution >= 0.6 is 12.4 Å². The molecular formula is C19H24ClN3O3S. The SMILES string of the molecule is CS(=O)(=O)Nc1ccc(C(=O)N2CCN(Cc3ccccc3)CC2)cc1.Cl. The fraction of sp³-hybridized carbons (Fsp3) is 0.316. The summed E-state index contributed by atoms with van der Waals surface area (Å²) < 4.78 is 24.9. The summed E-state index contributed by atoms with van der Waals surface area (Å²) >= 11 is 0. The van der Waals surface area contributed by atoms with Crippen molar-refractivity contribution >= 4 is 34.0 Å². The van der Waals surface area contributed by atoms with Gasteiger partial charge in [0.05, 0.1) is 6.26 Å². The quantitative estimate of drug-likeness (QED) is 0.823. The Morgan fingerprint density at radius 3 is 2.11 bits per heavy atom. The van der Waals surface area contributed by atoms with Gasteiger partial charge < -0.3 is 4.90 Å². The molecule has 0 aliphatic carbocycles. The lowest BCUT2D eigenvalue weighted by molar-refractivity contribution is 0.0628. The molecule has 1 N–H and O–H groups in total. The Bertz CT molecular complexity index is 850. The Hall–Kier alpha value is -2.09. The Balaban J connectivity index is 0.00000261. The maximum Gasteiger partial charge on any atom is 0.253 e. The van der Waals surface area contributed by atoms with Gasteiger partial charge in [-0.3, -0.25) is 14.4 Å². The average Bonchev–Trinajstić information content (AvgIpc) is 2.62. The summed E-state index contributed by atoms with van der Waals surface area (Å²) in [6.45, 7) is 3.96. The summed E-state index contributed by atoms with van der Waals surface area (Å²) in [6.07, 6.45) is 1.10. The van der Waals surface area contributed by atoms with Crippen LogP contribution in [0.5, 0.6) is 0 Å². The van der Waals surface area contributed by atoms with Gasteiger partial charge in [-0.2, -0.15) is 0 Å². The van der Waals surface area contributed by atoms with Crippen molar-refractivity contribution in [2.24, 2.45) is 0 Å². The molecule has 27 heavy (non-hydrogen) atoms. The number of hydrogen-bond donors (Lipinski definition) is 1. The third kappa shape index (κ3) is 6.23. The second-order valence-electron chi connectivity index (χ2n) is 6.51. The van der Waals surface area contributed by atoms with Gasteiger partial charge >= 0.3 is 0 Å². The van der Waals surface area contributed by atoms with Crippen LogP contribution in [0.2, 0.25) is 0 Å². The smallest absolute Gasteiger partial charge is 0.253 e. The first-order chi connectivity index (χ1) is 12.4. The van der Waals surface area contributed by atoms with E-state index >= 15 is 0 Å². The maximum absolute atomic E-state index is 12.6. The molecule has 0 bridgehead atoms. The molecule has 0 spiro atoms. The number of halogens is 1. The van der Waals surface area contributed by atoms with Crippen molar-refractivity contribution in [3.05, 3.63) is 65.7 Å². The molecule has 8 heteroatoms. The fourth-order valence-electron chi connectivity index (χ4n) is 3.03. The minimum Gasteiger partial charge on any atom is -0.336 e. The molecule has 0 saturated carbocycles. The van der Waals surface area contributed by atoms with Crippen LogP contribution in [-0.2, 0) is 16.6 Å². The highest BCUT2D eigenvalue weighted by Crippen LogP contribution is 2.15. The van der Waals surface area contributed by atoms with Crippen LogP contribution < -0.4 is 4.72 Å². The van der Waals surface area contributed by atoms with Crippen molar-refractivity contribution in [1.82, 2.24) is 9.80 Å². The zero-order chi connectivity index (χ0) is 18.6. The normalized spacial score (nSPS) is 15.1. The van der Waals surface area contributed by atoms with Crippen molar-refractivity contribution in [3.8, 4) is 0 Å². The molecule has 0 atom stereocenters. The molecule has 1 heterocycles. The lowest BCUT2D eigenvalue weighted by atomic mass is 10.1. The summed E-state index contributed by atoms with van der Waals surface area (Å²) in [6, 6.07) is 16.9. The second-order valence-corrected chi connectivity index (χ2v) is 8.25. The summed E-state index contributed by atoms with van der Waals surface area (Å²) in [5.41, 5.74) is 2.30. The Morgan fingerprint density at radius 2 is 1.56 bits per heavy atom. The number of nitrogens with zero attached hydrogens (tertiary/aromatic N) is 2. The van der Waals surface area contributed by atoms with Crippen molar-refractivity contribution in [2.45, 2.75) is 6.54 Å². The lowest BCUT2D eigenvalue weighted by Crippen LogP contribution is -2.48. The fourth-order valence-corrected chi connectivity index (χ4v) is 3.59. The number of sulfonamides is 1. The lowest BCUT2D eigenvalue weighted by Gasteiger charge is -2.34. The van der Waals surface area contributed by atoms with Crippen molar-refractivity contribution in [2.75, 3.05) is 37.2 Å². The molecular weight excluding hydrogens is 386 g/mol. The molecule has 1 amide bonds. The van der Waals surface area contributed by atoms with Crippen molar-refractivity contribution in [1.29, 1.82) is 0 Å². The van der Waals surface area contributed by atoms with Crippen molar-refractivity contribution < 1.29 is 13.2 Å². The van der Waals surface area contributed by atoms with Gasteiger partial charge in [0.2, 0.25) is 10.0 Å². The minimum absolute atomic E-state index is 0. The molecule has 1 fully saturated rings. The van der Waals surface area contributed by atoms with E-state index in [1.807, 2.05) is 23.1 Å². The van der Waals surface area contributed by atoms with Crippen LogP contribution in [0.1, 0.15) is 15.9 Å². The largest absolute Gasteiger partial charge is 0.336 e. The van der Waals surface area contributed by atoms with E-state index in [-0.39, 0.29) is 18.3 Å². The van der Waals surface area contributed by atoms with Crippen molar-refractivity contribution in [3.63, 3.8) is 0 Å². The van der Waals surface area contributed by atoms with Gasteiger partial charge in [0.1, 0.15) is 0 Å². The number of benzene rings is 2. The topological polar surface area (TPSA) is 69.7 Å². The van der Waals surface area contributed by atoms with Gasteiger partial charge in [0, 0.05) is 44.0 Å². The number of anilines is 1. The second kappa shape index (κ2) is 9.21. The van der Waals surface area contributed by atoms with E-state index < -0.39 is 10.0 Å². The zero-order valence-electron chi connectivity index (χ0n) is 15.2. The number of piperazine rings is 1. The number of hydrogen-bond acceptors (Lipinski definition) is 4. The summed E-state index contributed by atoms with van der Waals surface area (Å²) in [7, 11) is -3.31. The molecule has 1 aliphatic heterocycles. The number of amides is 1. The van der Waals surface area contributed by atoms with Crippen LogP contribution in [0.3, 0.4) is 0 Å². The summed E-state index contributed by atoms with van der Waals surface area (Å²) in [5.74, 6) is -0.0183. The minimum atomic E-state index is -3.31. The first kappa shape index (κ1) is 21.2. The summed E-state index contributed by atoms with van der Waals surface area (Å²) in [4.78, 5) is 16.8. The molecule has 0 aromatic heterocycles. The number of nitrogens with one attached hydrogen (secondary N) is 1. The maximum atomic E-state index is 12.6. The van der Waals surface area contributed by atoms with Crippen LogP contribution in [0.4, 0.5) is 5.69 Å². The molecule has 2 aromatic rings. The highest BCUT2D eigenvalue weighted by atomic mass is 35.5. The first-order valence-corrected chi connectivity index (χ1v) is 10.4. The molecule has 1 aliphatic rings. The molecule has 1 saturated heterocycles. The van der Waals surface area contributed by atoms with Crippen LogP contribution in [-0.4, -0.2) is 56.6 Å². The third-order valence-electron chi connectivity index (χ3n) is 4.34. The van der Waals surface area contributed by atoms with Gasteiger partial charge in [0.15, 0.2) is 0 Å². The van der Waals surface area contributed by atoms with E-state index in [2.05, 4.69) is 21.8 Å². The Labute approximate surface area is 166 Å². The molecule has 0 radical (unpaired) electrons. The monoisotopic (exact) mass is 409 g/mol. The number of rotatable bonds is 5. The standard InChI is InChI=1S/C19H23N3O3S.ClH/c1-26(24,25)20-18-9-7-17(8-10-18)19(23)22-13-11-21(12-14-22)15-16-5-3-2-4-6-16;/h2-10,20H,11-15H2,1H3;1H. The van der Waals surface area contributed by atoms with Crippen LogP contribution in [0.25, 0.3) is 0 Å². The van der Waals surface area contributed by atoms with E-state index in [1.54, 1.807) is 24.3 Å². The molecule has 2 aromatic carbocycles.